The van der Waals surface area contributed by atoms with Gasteiger partial charge in [-0.25, -0.2) is 0 Å². The first-order valence-corrected chi connectivity index (χ1v) is 7.85. The average Bonchev–Trinajstić information content (AvgIpc) is 2.79. The maximum absolute atomic E-state index is 5.99. The zero-order chi connectivity index (χ0) is 15.3. The summed E-state index contributed by atoms with van der Waals surface area (Å²) < 4.78 is 17.2. The van der Waals surface area contributed by atoms with E-state index in [1.165, 1.54) is 0 Å². The Morgan fingerprint density at radius 3 is 2.52 bits per heavy atom. The number of ether oxygens (including phenoxy) is 3. The first kappa shape index (κ1) is 16.0. The molecule has 2 rings (SSSR count). The molecule has 4 nitrogen and oxygen atoms in total. The molecule has 1 aromatic rings. The molecule has 1 aromatic carbocycles. The second-order valence-electron chi connectivity index (χ2n) is 5.95. The first-order chi connectivity index (χ1) is 10.0. The molecule has 1 aliphatic rings. The zero-order valence-corrected chi connectivity index (χ0v) is 13.6. The fourth-order valence-electron chi connectivity index (χ4n) is 2.61. The minimum Gasteiger partial charge on any atom is -0.490 e. The molecule has 1 aliphatic heterocycles. The van der Waals surface area contributed by atoms with E-state index in [-0.39, 0.29) is 11.7 Å². The Kier molecular flexibility index (Phi) is 5.34. The van der Waals surface area contributed by atoms with Gasteiger partial charge in [-0.1, -0.05) is 0 Å². The van der Waals surface area contributed by atoms with E-state index in [0.29, 0.717) is 13.2 Å². The second kappa shape index (κ2) is 7.03. The van der Waals surface area contributed by atoms with E-state index in [1.54, 1.807) is 0 Å². The number of hydrogen-bond acceptors (Lipinski definition) is 4. The Morgan fingerprint density at radius 1 is 1.19 bits per heavy atom. The van der Waals surface area contributed by atoms with Gasteiger partial charge in [-0.3, -0.25) is 0 Å². The minimum atomic E-state index is 0.0155. The third kappa shape index (κ3) is 4.53. The van der Waals surface area contributed by atoms with Crippen molar-refractivity contribution in [3.63, 3.8) is 0 Å². The summed E-state index contributed by atoms with van der Waals surface area (Å²) in [7, 11) is 0. The van der Waals surface area contributed by atoms with Crippen LogP contribution < -0.4 is 14.8 Å². The van der Waals surface area contributed by atoms with Crippen molar-refractivity contribution in [1.82, 2.24) is 0 Å². The quantitative estimate of drug-likeness (QED) is 0.829. The van der Waals surface area contributed by atoms with Crippen molar-refractivity contribution in [3.05, 3.63) is 18.2 Å². The van der Waals surface area contributed by atoms with E-state index in [9.17, 15) is 0 Å². The third-order valence-corrected chi connectivity index (χ3v) is 3.63. The summed E-state index contributed by atoms with van der Waals surface area (Å²) in [6.07, 6.45) is 2.50. The highest BCUT2D eigenvalue weighted by Crippen LogP contribution is 2.32. The van der Waals surface area contributed by atoms with Crippen molar-refractivity contribution in [2.24, 2.45) is 0 Å². The van der Waals surface area contributed by atoms with Gasteiger partial charge in [-0.05, 0) is 52.7 Å². The maximum atomic E-state index is 5.99. The van der Waals surface area contributed by atoms with E-state index in [4.69, 9.17) is 14.2 Å². The molecule has 0 aliphatic carbocycles. The van der Waals surface area contributed by atoms with Gasteiger partial charge >= 0.3 is 0 Å². The monoisotopic (exact) mass is 293 g/mol. The van der Waals surface area contributed by atoms with Gasteiger partial charge in [-0.2, -0.15) is 0 Å². The lowest BCUT2D eigenvalue weighted by Gasteiger charge is -2.20. The highest BCUT2D eigenvalue weighted by molar-refractivity contribution is 5.54. The third-order valence-electron chi connectivity index (χ3n) is 3.63. The molecule has 118 valence electrons. The second-order valence-corrected chi connectivity index (χ2v) is 5.95. The van der Waals surface area contributed by atoms with Crippen molar-refractivity contribution in [1.29, 1.82) is 0 Å². The van der Waals surface area contributed by atoms with Crippen LogP contribution in [-0.2, 0) is 4.74 Å². The molecule has 0 saturated carbocycles. The fraction of sp³-hybridized carbons (Fsp3) is 0.647. The van der Waals surface area contributed by atoms with Crippen LogP contribution in [0.2, 0.25) is 0 Å². The standard InChI is InChI=1S/C17H27NO3/c1-5-19-15-8-7-13(11-16(15)20-6-2)18-12-14-9-10-17(3,4)21-14/h7-8,11,14,18H,5-6,9-10,12H2,1-4H3. The Labute approximate surface area is 127 Å². The summed E-state index contributed by atoms with van der Waals surface area (Å²) in [5.74, 6) is 1.58. The van der Waals surface area contributed by atoms with Crippen LogP contribution in [0.4, 0.5) is 5.69 Å². The van der Waals surface area contributed by atoms with Crippen molar-refractivity contribution in [2.75, 3.05) is 25.1 Å². The lowest BCUT2D eigenvalue weighted by Crippen LogP contribution is -2.24. The van der Waals surface area contributed by atoms with Gasteiger partial charge in [0.25, 0.3) is 0 Å². The van der Waals surface area contributed by atoms with Crippen molar-refractivity contribution in [2.45, 2.75) is 52.2 Å². The zero-order valence-electron chi connectivity index (χ0n) is 13.6. The van der Waals surface area contributed by atoms with Gasteiger partial charge in [0, 0.05) is 18.3 Å². The van der Waals surface area contributed by atoms with E-state index in [1.807, 2.05) is 32.0 Å². The molecule has 1 N–H and O–H groups in total. The topological polar surface area (TPSA) is 39.7 Å². The Balaban J connectivity index is 1.95. The largest absolute Gasteiger partial charge is 0.490 e. The number of benzene rings is 1. The van der Waals surface area contributed by atoms with Crippen LogP contribution in [-0.4, -0.2) is 31.5 Å². The molecule has 0 bridgehead atoms. The van der Waals surface area contributed by atoms with Crippen LogP contribution >= 0.6 is 0 Å². The lowest BCUT2D eigenvalue weighted by atomic mass is 10.1. The predicted molar refractivity (Wildman–Crippen MR) is 85.5 cm³/mol. The molecule has 1 heterocycles. The lowest BCUT2D eigenvalue weighted by molar-refractivity contribution is -0.00911. The fourth-order valence-corrected chi connectivity index (χ4v) is 2.61. The molecular weight excluding hydrogens is 266 g/mol. The van der Waals surface area contributed by atoms with Crippen molar-refractivity contribution >= 4 is 5.69 Å². The van der Waals surface area contributed by atoms with E-state index >= 15 is 0 Å². The van der Waals surface area contributed by atoms with Crippen LogP contribution in [0.25, 0.3) is 0 Å². The van der Waals surface area contributed by atoms with Gasteiger partial charge < -0.3 is 19.5 Å². The molecule has 0 radical (unpaired) electrons. The van der Waals surface area contributed by atoms with Crippen LogP contribution in [0.1, 0.15) is 40.5 Å². The number of anilines is 1. The summed E-state index contributed by atoms with van der Waals surface area (Å²) in [5, 5.41) is 3.43. The van der Waals surface area contributed by atoms with E-state index < -0.39 is 0 Å². The Bertz CT molecular complexity index is 459. The molecule has 1 atom stereocenters. The molecule has 1 saturated heterocycles. The minimum absolute atomic E-state index is 0.0155. The summed E-state index contributed by atoms with van der Waals surface area (Å²) in [6.45, 7) is 10.3. The summed E-state index contributed by atoms with van der Waals surface area (Å²) in [4.78, 5) is 0. The molecule has 4 heteroatoms. The number of rotatable bonds is 7. The van der Waals surface area contributed by atoms with Gasteiger partial charge in [-0.15, -0.1) is 0 Å². The Hall–Kier alpha value is -1.42. The van der Waals surface area contributed by atoms with Crippen LogP contribution in [0.3, 0.4) is 0 Å². The highest BCUT2D eigenvalue weighted by Gasteiger charge is 2.31. The van der Waals surface area contributed by atoms with Gasteiger partial charge in [0.15, 0.2) is 11.5 Å². The summed E-state index contributed by atoms with van der Waals surface area (Å²) in [5.41, 5.74) is 1.05. The molecule has 21 heavy (non-hydrogen) atoms. The Morgan fingerprint density at radius 2 is 1.90 bits per heavy atom. The normalized spacial score (nSPS) is 20.3. The summed E-state index contributed by atoms with van der Waals surface area (Å²) in [6, 6.07) is 5.97. The molecule has 0 spiro atoms. The molecule has 0 aromatic heterocycles. The van der Waals surface area contributed by atoms with Gasteiger partial charge in [0.1, 0.15) is 0 Å². The number of hydrogen-bond donors (Lipinski definition) is 1. The average molecular weight is 293 g/mol. The molecular formula is C17H27NO3. The van der Waals surface area contributed by atoms with Gasteiger partial charge in [0.05, 0.1) is 24.9 Å². The van der Waals surface area contributed by atoms with Crippen LogP contribution in [0.5, 0.6) is 11.5 Å². The van der Waals surface area contributed by atoms with Crippen molar-refractivity contribution < 1.29 is 14.2 Å². The molecule has 1 unspecified atom stereocenters. The van der Waals surface area contributed by atoms with Gasteiger partial charge in [0.2, 0.25) is 0 Å². The SMILES string of the molecule is CCOc1ccc(NCC2CCC(C)(C)O2)cc1OCC. The smallest absolute Gasteiger partial charge is 0.163 e. The van der Waals surface area contributed by atoms with E-state index in [2.05, 4.69) is 19.2 Å². The number of nitrogens with one attached hydrogen (secondary N) is 1. The van der Waals surface area contributed by atoms with E-state index in [0.717, 1.165) is 36.6 Å². The molecule has 0 amide bonds. The maximum Gasteiger partial charge on any atom is 0.163 e. The molecule has 1 fully saturated rings. The predicted octanol–water partition coefficient (Wildman–Crippen LogP) is 3.85. The first-order valence-electron chi connectivity index (χ1n) is 7.85. The van der Waals surface area contributed by atoms with Crippen LogP contribution in [0, 0.1) is 0 Å². The highest BCUT2D eigenvalue weighted by atomic mass is 16.5. The van der Waals surface area contributed by atoms with Crippen molar-refractivity contribution in [3.8, 4) is 11.5 Å². The summed E-state index contributed by atoms with van der Waals surface area (Å²) >= 11 is 0. The van der Waals surface area contributed by atoms with Crippen LogP contribution in [0.15, 0.2) is 18.2 Å².